The number of benzene rings is 1. The molecule has 0 bridgehead atoms. The van der Waals surface area contributed by atoms with E-state index in [0.29, 0.717) is 12.6 Å². The van der Waals surface area contributed by atoms with Gasteiger partial charge in [0, 0.05) is 12.2 Å². The van der Waals surface area contributed by atoms with E-state index in [1.165, 1.54) is 11.3 Å². The van der Waals surface area contributed by atoms with Crippen LogP contribution in [0.5, 0.6) is 0 Å². The zero-order valence-corrected chi connectivity index (χ0v) is 9.44. The van der Waals surface area contributed by atoms with Crippen LogP contribution < -0.4 is 11.1 Å². The Hall–Kier alpha value is -1.71. The van der Waals surface area contributed by atoms with Gasteiger partial charge in [-0.3, -0.25) is 0 Å². The van der Waals surface area contributed by atoms with Crippen molar-refractivity contribution in [2.45, 2.75) is 19.4 Å². The van der Waals surface area contributed by atoms with E-state index >= 15 is 0 Å². The Morgan fingerprint density at radius 1 is 1.50 bits per heavy atom. The van der Waals surface area contributed by atoms with Crippen molar-refractivity contribution in [3.63, 3.8) is 0 Å². The molecule has 16 heavy (non-hydrogen) atoms. The van der Waals surface area contributed by atoms with Crippen LogP contribution >= 0.6 is 0 Å². The minimum Gasteiger partial charge on any atom is -0.463 e. The highest BCUT2D eigenvalue weighted by Crippen LogP contribution is 2.15. The fraction of sp³-hybridized carbons (Fsp3) is 0.417. The lowest BCUT2D eigenvalue weighted by atomic mass is 10.1. The summed E-state index contributed by atoms with van der Waals surface area (Å²) >= 11 is 0. The molecule has 4 nitrogen and oxygen atoms in total. The zero-order chi connectivity index (χ0) is 11.4. The third kappa shape index (κ3) is 2.45. The molecule has 0 aromatic heterocycles. The molecule has 0 saturated heterocycles. The van der Waals surface area contributed by atoms with E-state index in [1.807, 2.05) is 6.07 Å². The number of nitrogens with zero attached hydrogens (tertiary/aromatic N) is 1. The zero-order valence-electron chi connectivity index (χ0n) is 9.44. The molecule has 3 N–H and O–H groups in total. The third-order valence-electron chi connectivity index (χ3n) is 2.66. The maximum Gasteiger partial charge on any atom is 0.282 e. The van der Waals surface area contributed by atoms with Crippen LogP contribution in [0.25, 0.3) is 0 Å². The normalized spacial score (nSPS) is 19.1. The third-order valence-corrected chi connectivity index (χ3v) is 2.66. The molecule has 0 aliphatic carbocycles. The first-order valence-electron chi connectivity index (χ1n) is 5.57. The number of nitrogens with one attached hydrogen (secondary N) is 1. The molecule has 0 radical (unpaired) electrons. The summed E-state index contributed by atoms with van der Waals surface area (Å²) in [7, 11) is 0. The Morgan fingerprint density at radius 2 is 2.31 bits per heavy atom. The van der Waals surface area contributed by atoms with Gasteiger partial charge in [0.15, 0.2) is 0 Å². The molecule has 86 valence electrons. The molecule has 1 heterocycles. The predicted molar refractivity (Wildman–Crippen MR) is 65.7 cm³/mol. The minimum absolute atomic E-state index is 0.130. The molecule has 0 spiro atoms. The summed E-state index contributed by atoms with van der Waals surface area (Å²) < 4.78 is 5.10. The van der Waals surface area contributed by atoms with Crippen molar-refractivity contribution in [1.82, 2.24) is 0 Å². The first kappa shape index (κ1) is 10.8. The summed E-state index contributed by atoms with van der Waals surface area (Å²) in [5.74, 6) is 0. The van der Waals surface area contributed by atoms with Gasteiger partial charge >= 0.3 is 0 Å². The number of amidine groups is 1. The van der Waals surface area contributed by atoms with E-state index in [0.717, 1.165) is 13.0 Å². The van der Waals surface area contributed by atoms with E-state index in [-0.39, 0.29) is 6.04 Å². The molecule has 0 saturated carbocycles. The Kier molecular flexibility index (Phi) is 3.29. The van der Waals surface area contributed by atoms with E-state index in [2.05, 4.69) is 35.4 Å². The smallest absolute Gasteiger partial charge is 0.282 e. The molecule has 0 amide bonds. The highest BCUT2D eigenvalue weighted by molar-refractivity contribution is 5.73. The molecule has 2 rings (SSSR count). The first-order valence-corrected chi connectivity index (χ1v) is 5.57. The summed E-state index contributed by atoms with van der Waals surface area (Å²) in [6, 6.07) is 8.73. The quantitative estimate of drug-likeness (QED) is 0.804. The maximum atomic E-state index is 5.45. The number of aryl methyl sites for hydroxylation is 1. The van der Waals surface area contributed by atoms with Crippen molar-refractivity contribution in [3.05, 3.63) is 29.8 Å². The van der Waals surface area contributed by atoms with E-state index in [9.17, 15) is 0 Å². The van der Waals surface area contributed by atoms with Crippen LogP contribution in [0.2, 0.25) is 0 Å². The predicted octanol–water partition coefficient (Wildman–Crippen LogP) is 1.37. The lowest BCUT2D eigenvalue weighted by molar-refractivity contribution is 0.316. The Balaban J connectivity index is 1.94. The van der Waals surface area contributed by atoms with Gasteiger partial charge in [0.05, 0.1) is 0 Å². The van der Waals surface area contributed by atoms with Gasteiger partial charge in [0.25, 0.3) is 6.02 Å². The first-order chi connectivity index (χ1) is 7.79. The van der Waals surface area contributed by atoms with E-state index in [1.54, 1.807) is 0 Å². The molecule has 1 aliphatic heterocycles. The topological polar surface area (TPSA) is 59.6 Å². The average molecular weight is 219 g/mol. The molecule has 0 fully saturated rings. The Bertz CT molecular complexity index is 390. The molecule has 1 unspecified atom stereocenters. The molecule has 1 aromatic rings. The fourth-order valence-corrected chi connectivity index (χ4v) is 1.77. The second-order valence-corrected chi connectivity index (χ2v) is 3.82. The molecular weight excluding hydrogens is 202 g/mol. The number of ether oxygens (including phenoxy) is 1. The van der Waals surface area contributed by atoms with E-state index in [4.69, 9.17) is 10.5 Å². The second-order valence-electron chi connectivity index (χ2n) is 3.82. The molecule has 1 aromatic carbocycles. The van der Waals surface area contributed by atoms with Gasteiger partial charge in [0.2, 0.25) is 0 Å². The largest absolute Gasteiger partial charge is 0.463 e. The van der Waals surface area contributed by atoms with Crippen molar-refractivity contribution in [2.24, 2.45) is 10.7 Å². The molecule has 4 heteroatoms. The number of hydrogen-bond donors (Lipinski definition) is 2. The van der Waals surface area contributed by atoms with Gasteiger partial charge in [-0.25, -0.2) is 4.99 Å². The Labute approximate surface area is 95.5 Å². The van der Waals surface area contributed by atoms with Crippen LogP contribution in [0.3, 0.4) is 0 Å². The van der Waals surface area contributed by atoms with Crippen LogP contribution in [0.1, 0.15) is 12.5 Å². The summed E-state index contributed by atoms with van der Waals surface area (Å²) in [4.78, 5) is 4.17. The number of aliphatic imine (C=N–C) groups is 1. The van der Waals surface area contributed by atoms with Gasteiger partial charge in [-0.05, 0) is 18.1 Å². The van der Waals surface area contributed by atoms with Crippen molar-refractivity contribution >= 4 is 11.7 Å². The summed E-state index contributed by atoms with van der Waals surface area (Å²) in [5.41, 5.74) is 7.94. The Morgan fingerprint density at radius 3 is 3.00 bits per heavy atom. The van der Waals surface area contributed by atoms with Gasteiger partial charge < -0.3 is 15.8 Å². The maximum absolute atomic E-state index is 5.45. The summed E-state index contributed by atoms with van der Waals surface area (Å²) in [6.07, 6.45) is 1.02. The van der Waals surface area contributed by atoms with Crippen LogP contribution in [0.4, 0.5) is 5.69 Å². The van der Waals surface area contributed by atoms with Gasteiger partial charge in [-0.15, -0.1) is 0 Å². The monoisotopic (exact) mass is 219 g/mol. The van der Waals surface area contributed by atoms with Crippen LogP contribution in [0.15, 0.2) is 29.3 Å². The summed E-state index contributed by atoms with van der Waals surface area (Å²) in [5, 5.41) is 3.38. The van der Waals surface area contributed by atoms with Crippen molar-refractivity contribution in [3.8, 4) is 0 Å². The van der Waals surface area contributed by atoms with Gasteiger partial charge in [-0.1, -0.05) is 25.1 Å². The molecule has 1 atom stereocenters. The van der Waals surface area contributed by atoms with Crippen molar-refractivity contribution < 1.29 is 4.74 Å². The van der Waals surface area contributed by atoms with Gasteiger partial charge in [-0.2, -0.15) is 0 Å². The van der Waals surface area contributed by atoms with Crippen molar-refractivity contribution in [1.29, 1.82) is 0 Å². The highest BCUT2D eigenvalue weighted by Gasteiger charge is 2.16. The van der Waals surface area contributed by atoms with Gasteiger partial charge in [0.1, 0.15) is 12.6 Å². The minimum atomic E-state index is 0.130. The highest BCUT2D eigenvalue weighted by atomic mass is 16.5. The fourth-order valence-electron chi connectivity index (χ4n) is 1.77. The molecular formula is C12H17N3O. The standard InChI is InChI=1S/C12H17N3O/c1-2-9-5-3-4-6-11(9)14-7-10-8-16-12(13)15-10/h3-6,10,14H,2,7-8H2,1H3,(H2,13,15). The van der Waals surface area contributed by atoms with Crippen LogP contribution in [0, 0.1) is 0 Å². The summed E-state index contributed by atoms with van der Waals surface area (Å²) in [6.45, 7) is 3.49. The second kappa shape index (κ2) is 4.88. The number of hydrogen-bond acceptors (Lipinski definition) is 4. The van der Waals surface area contributed by atoms with Crippen LogP contribution in [-0.4, -0.2) is 25.2 Å². The average Bonchev–Trinajstić information content (AvgIpc) is 2.73. The number of anilines is 1. The number of para-hydroxylation sites is 1. The van der Waals surface area contributed by atoms with Crippen LogP contribution in [-0.2, 0) is 11.2 Å². The number of rotatable bonds is 4. The van der Waals surface area contributed by atoms with Crippen molar-refractivity contribution in [2.75, 3.05) is 18.5 Å². The SMILES string of the molecule is CCc1ccccc1NCC1COC(N)=N1. The number of nitrogens with two attached hydrogens (primary N) is 1. The molecule has 1 aliphatic rings. The lowest BCUT2D eigenvalue weighted by Gasteiger charge is -2.12. The lowest BCUT2D eigenvalue weighted by Crippen LogP contribution is -2.19. The van der Waals surface area contributed by atoms with E-state index < -0.39 is 0 Å².